The zero-order valence-electron chi connectivity index (χ0n) is 10.1. The van der Waals surface area contributed by atoms with Gasteiger partial charge in [-0.05, 0) is 29.8 Å². The quantitative estimate of drug-likeness (QED) is 0.721. The number of aromatic nitrogens is 1. The average Bonchev–Trinajstić information content (AvgIpc) is 2.81. The molecule has 3 aromatic rings. The molecule has 5 heteroatoms. The first-order valence-corrected chi connectivity index (χ1v) is 6.65. The lowest BCUT2D eigenvalue weighted by Crippen LogP contribution is -1.99. The zero-order valence-corrected chi connectivity index (χ0v) is 11.6. The SMILES string of the molecule is Nc1cccc2oc(NCc3cccc(Br)c3)nc12. The van der Waals surface area contributed by atoms with E-state index in [1.54, 1.807) is 0 Å². The molecular formula is C14H12BrN3O. The predicted octanol–water partition coefficient (Wildman–Crippen LogP) is 3.78. The fourth-order valence-corrected chi connectivity index (χ4v) is 2.32. The number of nitrogens with zero attached hydrogens (tertiary/aromatic N) is 1. The number of benzene rings is 2. The lowest BCUT2D eigenvalue weighted by atomic mass is 10.2. The van der Waals surface area contributed by atoms with Crippen molar-refractivity contribution < 1.29 is 4.42 Å². The minimum atomic E-state index is 0.480. The number of oxazole rings is 1. The smallest absolute Gasteiger partial charge is 0.296 e. The second-order valence-electron chi connectivity index (χ2n) is 4.20. The summed E-state index contributed by atoms with van der Waals surface area (Å²) in [7, 11) is 0. The van der Waals surface area contributed by atoms with Gasteiger partial charge in [-0.2, -0.15) is 4.98 Å². The Morgan fingerprint density at radius 1 is 1.21 bits per heavy atom. The molecule has 0 unspecified atom stereocenters. The van der Waals surface area contributed by atoms with Crippen LogP contribution in [0.4, 0.5) is 11.7 Å². The first kappa shape index (κ1) is 12.0. The molecule has 0 radical (unpaired) electrons. The van der Waals surface area contributed by atoms with Crippen LogP contribution in [-0.4, -0.2) is 4.98 Å². The maximum absolute atomic E-state index is 5.84. The normalized spacial score (nSPS) is 10.8. The van der Waals surface area contributed by atoms with Gasteiger partial charge in [-0.15, -0.1) is 0 Å². The number of halogens is 1. The van der Waals surface area contributed by atoms with Crippen LogP contribution < -0.4 is 11.1 Å². The van der Waals surface area contributed by atoms with Crippen LogP contribution in [0.2, 0.25) is 0 Å². The summed E-state index contributed by atoms with van der Waals surface area (Å²) in [6, 6.07) is 14.0. The molecule has 0 saturated heterocycles. The molecule has 3 N–H and O–H groups in total. The summed E-state index contributed by atoms with van der Waals surface area (Å²) < 4.78 is 6.64. The van der Waals surface area contributed by atoms with Gasteiger partial charge in [-0.3, -0.25) is 0 Å². The van der Waals surface area contributed by atoms with E-state index in [0.717, 1.165) is 10.0 Å². The largest absolute Gasteiger partial charge is 0.423 e. The van der Waals surface area contributed by atoms with Gasteiger partial charge in [0.15, 0.2) is 5.58 Å². The van der Waals surface area contributed by atoms with E-state index in [-0.39, 0.29) is 0 Å². The van der Waals surface area contributed by atoms with E-state index in [1.165, 1.54) is 0 Å². The Morgan fingerprint density at radius 3 is 2.84 bits per heavy atom. The number of rotatable bonds is 3. The van der Waals surface area contributed by atoms with Crippen LogP contribution in [0.25, 0.3) is 11.1 Å². The lowest BCUT2D eigenvalue weighted by molar-refractivity contribution is 0.614. The van der Waals surface area contributed by atoms with Crippen molar-refractivity contribution in [2.24, 2.45) is 0 Å². The number of nitrogens with one attached hydrogen (secondary N) is 1. The summed E-state index contributed by atoms with van der Waals surface area (Å²) >= 11 is 3.44. The van der Waals surface area contributed by atoms with E-state index in [9.17, 15) is 0 Å². The van der Waals surface area contributed by atoms with Crippen LogP contribution in [-0.2, 0) is 6.54 Å². The Morgan fingerprint density at radius 2 is 2.05 bits per heavy atom. The first-order valence-electron chi connectivity index (χ1n) is 5.86. The van der Waals surface area contributed by atoms with E-state index in [0.29, 0.717) is 29.3 Å². The van der Waals surface area contributed by atoms with Crippen LogP contribution >= 0.6 is 15.9 Å². The lowest BCUT2D eigenvalue weighted by Gasteiger charge is -2.02. The van der Waals surface area contributed by atoms with Gasteiger partial charge in [0.05, 0.1) is 5.69 Å². The molecule has 0 aliphatic heterocycles. The molecule has 0 aliphatic carbocycles. The first-order chi connectivity index (χ1) is 9.22. The summed E-state index contributed by atoms with van der Waals surface area (Å²) in [4.78, 5) is 4.34. The summed E-state index contributed by atoms with van der Waals surface area (Å²) in [6.07, 6.45) is 0. The summed E-state index contributed by atoms with van der Waals surface area (Å²) in [5.41, 5.74) is 8.99. The van der Waals surface area contributed by atoms with Crippen molar-refractivity contribution in [2.75, 3.05) is 11.1 Å². The number of fused-ring (bicyclic) bond motifs is 1. The summed E-state index contributed by atoms with van der Waals surface area (Å²) in [6.45, 7) is 0.645. The molecule has 0 atom stereocenters. The zero-order chi connectivity index (χ0) is 13.2. The third-order valence-corrected chi connectivity index (χ3v) is 3.28. The van der Waals surface area contributed by atoms with E-state index >= 15 is 0 Å². The molecule has 0 amide bonds. The van der Waals surface area contributed by atoms with E-state index in [2.05, 4.69) is 26.2 Å². The highest BCUT2D eigenvalue weighted by molar-refractivity contribution is 9.10. The fraction of sp³-hybridized carbons (Fsp3) is 0.0714. The molecule has 2 aromatic carbocycles. The average molecular weight is 318 g/mol. The van der Waals surface area contributed by atoms with E-state index in [1.807, 2.05) is 42.5 Å². The highest BCUT2D eigenvalue weighted by atomic mass is 79.9. The third kappa shape index (κ3) is 2.56. The van der Waals surface area contributed by atoms with Gasteiger partial charge in [0.2, 0.25) is 0 Å². The molecule has 0 saturated carbocycles. The minimum absolute atomic E-state index is 0.480. The number of hydrogen-bond donors (Lipinski definition) is 2. The van der Waals surface area contributed by atoms with Crippen molar-refractivity contribution in [1.82, 2.24) is 4.98 Å². The highest BCUT2D eigenvalue weighted by Crippen LogP contribution is 2.24. The van der Waals surface area contributed by atoms with E-state index < -0.39 is 0 Å². The Balaban J connectivity index is 1.80. The molecule has 1 heterocycles. The van der Waals surface area contributed by atoms with Crippen molar-refractivity contribution in [3.05, 3.63) is 52.5 Å². The molecule has 3 rings (SSSR count). The molecule has 0 aliphatic rings. The predicted molar refractivity (Wildman–Crippen MR) is 79.9 cm³/mol. The maximum atomic E-state index is 5.84. The number of nitrogen functional groups attached to an aromatic ring is 1. The molecule has 96 valence electrons. The standard InChI is InChI=1S/C14H12BrN3O/c15-10-4-1-3-9(7-10)8-17-14-18-13-11(16)5-2-6-12(13)19-14/h1-7H,8,16H2,(H,17,18). The van der Waals surface area contributed by atoms with Gasteiger partial charge in [-0.1, -0.05) is 34.1 Å². The molecule has 4 nitrogen and oxygen atoms in total. The maximum Gasteiger partial charge on any atom is 0.296 e. The number of hydrogen-bond acceptors (Lipinski definition) is 4. The van der Waals surface area contributed by atoms with Gasteiger partial charge in [-0.25, -0.2) is 0 Å². The third-order valence-electron chi connectivity index (χ3n) is 2.78. The molecule has 0 fully saturated rings. The van der Waals surface area contributed by atoms with Crippen molar-refractivity contribution in [3.63, 3.8) is 0 Å². The highest BCUT2D eigenvalue weighted by Gasteiger charge is 2.07. The van der Waals surface area contributed by atoms with Crippen LogP contribution in [0.1, 0.15) is 5.56 Å². The number of nitrogens with two attached hydrogens (primary N) is 1. The van der Waals surface area contributed by atoms with Gasteiger partial charge >= 0.3 is 0 Å². The number of anilines is 2. The van der Waals surface area contributed by atoms with Gasteiger partial charge in [0.25, 0.3) is 6.01 Å². The van der Waals surface area contributed by atoms with E-state index in [4.69, 9.17) is 10.2 Å². The van der Waals surface area contributed by atoms with Crippen LogP contribution in [0.5, 0.6) is 0 Å². The van der Waals surface area contributed by atoms with Crippen LogP contribution in [0.15, 0.2) is 51.4 Å². The van der Waals surface area contributed by atoms with Gasteiger partial charge in [0.1, 0.15) is 5.52 Å². The Labute approximate surface area is 118 Å². The topological polar surface area (TPSA) is 64.1 Å². The second-order valence-corrected chi connectivity index (χ2v) is 5.11. The Kier molecular flexibility index (Phi) is 3.13. The monoisotopic (exact) mass is 317 g/mol. The molecule has 0 spiro atoms. The van der Waals surface area contributed by atoms with Crippen molar-refractivity contribution in [1.29, 1.82) is 0 Å². The fourth-order valence-electron chi connectivity index (χ4n) is 1.87. The van der Waals surface area contributed by atoms with Crippen molar-refractivity contribution in [3.8, 4) is 0 Å². The van der Waals surface area contributed by atoms with Crippen molar-refractivity contribution in [2.45, 2.75) is 6.54 Å². The van der Waals surface area contributed by atoms with Crippen LogP contribution in [0.3, 0.4) is 0 Å². The molecule has 1 aromatic heterocycles. The molecule has 0 bridgehead atoms. The Bertz CT molecular complexity index is 724. The Hall–Kier alpha value is -2.01. The van der Waals surface area contributed by atoms with Gasteiger partial charge < -0.3 is 15.5 Å². The summed E-state index contributed by atoms with van der Waals surface area (Å²) in [5.74, 6) is 0. The van der Waals surface area contributed by atoms with Crippen LogP contribution in [0, 0.1) is 0 Å². The minimum Gasteiger partial charge on any atom is -0.423 e. The summed E-state index contributed by atoms with van der Waals surface area (Å²) in [5, 5.41) is 3.15. The number of para-hydroxylation sites is 1. The van der Waals surface area contributed by atoms with Gasteiger partial charge in [0, 0.05) is 11.0 Å². The second kappa shape index (κ2) is 4.93. The molecule has 19 heavy (non-hydrogen) atoms. The molecular weight excluding hydrogens is 306 g/mol. The van der Waals surface area contributed by atoms with Crippen molar-refractivity contribution >= 4 is 38.7 Å².